The topological polar surface area (TPSA) is 283 Å². The molecule has 1 amide bonds. The summed E-state index contributed by atoms with van der Waals surface area (Å²) >= 11 is 0. The molecule has 339 valence electrons. The first-order valence-corrected chi connectivity index (χ1v) is 21.1. The van der Waals surface area contributed by atoms with Crippen LogP contribution in [0.15, 0.2) is 0 Å². The zero-order chi connectivity index (χ0) is 43.8. The van der Waals surface area contributed by atoms with Gasteiger partial charge < -0.3 is 41.1 Å². The molecule has 4 saturated carbocycles. The molecule has 0 aromatic carbocycles. The van der Waals surface area contributed by atoms with Crippen LogP contribution >= 0.6 is 0 Å². The molecule has 1 radical (unpaired) electrons. The van der Waals surface area contributed by atoms with Crippen molar-refractivity contribution < 1.29 is 109 Å². The van der Waals surface area contributed by atoms with Crippen LogP contribution in [0.25, 0.3) is 0 Å². The third-order valence-electron chi connectivity index (χ3n) is 14.9. The molecule has 19 heteroatoms. The maximum atomic E-state index is 13.5. The summed E-state index contributed by atoms with van der Waals surface area (Å²) in [5, 5.41) is 71.8. The summed E-state index contributed by atoms with van der Waals surface area (Å²) in [6.07, 6.45) is 7.09. The summed E-state index contributed by atoms with van der Waals surface area (Å²) in [6.45, 7) is 3.51. The van der Waals surface area contributed by atoms with Crippen LogP contribution in [0.1, 0.15) is 97.8 Å². The van der Waals surface area contributed by atoms with Gasteiger partial charge in [-0.05, 0) is 111 Å². The van der Waals surface area contributed by atoms with Gasteiger partial charge in [-0.15, -0.1) is 0 Å². The van der Waals surface area contributed by atoms with Gasteiger partial charge in [-0.2, -0.15) is 0 Å². The zero-order valence-electron chi connectivity index (χ0n) is 35.0. The number of nitrogens with one attached hydrogen (secondary N) is 1. The first-order chi connectivity index (χ1) is 27.6. The summed E-state index contributed by atoms with van der Waals surface area (Å²) in [4.78, 5) is 86.6. The third kappa shape index (κ3) is 13.2. The number of fused-ring (bicyclic) bond motifs is 5. The van der Waals surface area contributed by atoms with E-state index in [-0.39, 0.29) is 120 Å². The van der Waals surface area contributed by atoms with Gasteiger partial charge >= 0.3 is 75.8 Å². The molecular formula is C41H66GdN4O14+3. The van der Waals surface area contributed by atoms with Gasteiger partial charge in [0.2, 0.25) is 5.91 Å². The van der Waals surface area contributed by atoms with Crippen LogP contribution in [0.3, 0.4) is 0 Å². The standard InChI is InChI=1S/C41H66N4O14.Gd/c1-24(4-11-34(48)49)28-7-8-29-27-6-5-25-18-26(12-13-40(25,2)30(27)19-32(46)41(28,29)3)42-33(47)10-9-31(39(58)59)45(16-14-43(20-35(50)51)21-36(52)53)17-15-44(22-37(54)55)23-38(56)57;/h24-32,46H,4-23H2,1-3H3,(H,42,47)(H,48,49)(H,50,51)(H,52,53)(H,54,55)(H,56,57)(H,58,59);/q;+3/t24-,25-,26+,27+,28-,29+,30+,31+,32+,40+,41-;/m1./s1. The number of hydrogen-bond donors (Lipinski definition) is 8. The molecular weight excluding hydrogens is 930 g/mol. The van der Waals surface area contributed by atoms with Gasteiger partial charge in [-0.3, -0.25) is 48.3 Å². The summed E-state index contributed by atoms with van der Waals surface area (Å²) < 4.78 is 0. The predicted molar refractivity (Wildman–Crippen MR) is 210 cm³/mol. The fourth-order valence-electron chi connectivity index (χ4n) is 12.1. The molecule has 0 saturated heterocycles. The third-order valence-corrected chi connectivity index (χ3v) is 14.9. The smallest absolute Gasteiger partial charge is 0.481 e. The van der Waals surface area contributed by atoms with Crippen LogP contribution in [0, 0.1) is 86.3 Å². The molecule has 0 spiro atoms. The number of carbonyl (C=O) groups is 7. The fourth-order valence-corrected chi connectivity index (χ4v) is 12.1. The maximum Gasteiger partial charge on any atom is 3.00 e. The van der Waals surface area contributed by atoms with Crippen molar-refractivity contribution in [2.24, 2.45) is 46.3 Å². The number of aliphatic carboxylic acids is 6. The van der Waals surface area contributed by atoms with Crippen molar-refractivity contribution in [1.29, 1.82) is 0 Å². The quantitative estimate of drug-likeness (QED) is 0.0687. The van der Waals surface area contributed by atoms with Crippen LogP contribution in [0.2, 0.25) is 0 Å². The Kier molecular flexibility index (Phi) is 19.6. The largest absolute Gasteiger partial charge is 3.00 e. The minimum absolute atomic E-state index is 0. The van der Waals surface area contributed by atoms with E-state index in [9.17, 15) is 69.3 Å². The second-order valence-electron chi connectivity index (χ2n) is 18.3. The Morgan fingerprint density at radius 3 is 1.72 bits per heavy atom. The number of aliphatic hydroxyl groups is 1. The van der Waals surface area contributed by atoms with E-state index in [2.05, 4.69) is 26.1 Å². The number of aliphatic hydroxyl groups excluding tert-OH is 1. The Balaban J connectivity index is 0.00000961. The number of hydrogen-bond acceptors (Lipinski definition) is 11. The number of carboxylic acids is 6. The van der Waals surface area contributed by atoms with E-state index in [0.29, 0.717) is 36.5 Å². The molecule has 0 aromatic heterocycles. The molecule has 0 aliphatic heterocycles. The average molecular weight is 996 g/mol. The molecule has 0 unspecified atom stereocenters. The monoisotopic (exact) mass is 996 g/mol. The van der Waals surface area contributed by atoms with Gasteiger partial charge in [0.25, 0.3) is 0 Å². The van der Waals surface area contributed by atoms with Crippen LogP contribution in [0.5, 0.6) is 0 Å². The summed E-state index contributed by atoms with van der Waals surface area (Å²) in [7, 11) is 0. The van der Waals surface area contributed by atoms with Crippen LogP contribution in [0.4, 0.5) is 0 Å². The van der Waals surface area contributed by atoms with E-state index < -0.39 is 74.1 Å². The van der Waals surface area contributed by atoms with Gasteiger partial charge in [-0.1, -0.05) is 20.8 Å². The minimum Gasteiger partial charge on any atom is -0.481 e. The van der Waals surface area contributed by atoms with Gasteiger partial charge in [0.05, 0.1) is 32.3 Å². The van der Waals surface area contributed by atoms with Crippen molar-refractivity contribution >= 4 is 41.7 Å². The molecule has 4 fully saturated rings. The normalized spacial score (nSPS) is 30.6. The van der Waals surface area contributed by atoms with Crippen molar-refractivity contribution in [2.75, 3.05) is 52.4 Å². The van der Waals surface area contributed by atoms with E-state index in [1.54, 1.807) is 0 Å². The molecule has 0 aromatic rings. The van der Waals surface area contributed by atoms with Gasteiger partial charge in [0.15, 0.2) is 0 Å². The Morgan fingerprint density at radius 2 is 1.22 bits per heavy atom. The minimum atomic E-state index is -1.31. The fraction of sp³-hybridized carbons (Fsp3) is 0.829. The zero-order valence-corrected chi connectivity index (χ0v) is 37.3. The number of carbonyl (C=O) groups excluding carboxylic acids is 1. The van der Waals surface area contributed by atoms with E-state index in [4.69, 9.17) is 0 Å². The SMILES string of the molecule is C[C@H](CCC(=O)O)[C@H]1CC[C@H]2[C@@H]3CC[C@@H]4C[C@@H](NC(=O)CC[C@@H](C(=O)O)N(CCN(CC(=O)O)CC(=O)O)CCN(CC(=O)O)CC(=O)O)CC[C@]4(C)[C@H]3C[C@H](O)[C@]12C.[Gd+3]. The van der Waals surface area contributed by atoms with E-state index in [0.717, 1.165) is 54.7 Å². The first kappa shape index (κ1) is 51.8. The van der Waals surface area contributed by atoms with Gasteiger partial charge in [0, 0.05) is 45.1 Å². The molecule has 4 aliphatic carbocycles. The summed E-state index contributed by atoms with van der Waals surface area (Å²) in [6, 6.07) is -1.43. The summed E-state index contributed by atoms with van der Waals surface area (Å²) in [5.41, 5.74) is -0.262. The molecule has 8 N–H and O–H groups in total. The van der Waals surface area contributed by atoms with Gasteiger partial charge in [0.1, 0.15) is 6.04 Å². The number of carboxylic acid groups (broad SMARTS) is 6. The molecule has 0 bridgehead atoms. The summed E-state index contributed by atoms with van der Waals surface area (Å²) in [5.74, 6) is -5.61. The van der Waals surface area contributed by atoms with E-state index in [1.807, 2.05) is 0 Å². The van der Waals surface area contributed by atoms with Crippen molar-refractivity contribution in [2.45, 2.75) is 116 Å². The predicted octanol–water partition coefficient (Wildman–Crippen LogP) is 2.08. The molecule has 0 heterocycles. The van der Waals surface area contributed by atoms with Crippen molar-refractivity contribution in [3.8, 4) is 0 Å². The number of nitrogens with zero attached hydrogens (tertiary/aromatic N) is 3. The molecule has 18 nitrogen and oxygen atoms in total. The van der Waals surface area contributed by atoms with Crippen LogP contribution in [-0.4, -0.2) is 163 Å². The van der Waals surface area contributed by atoms with E-state index >= 15 is 0 Å². The molecule has 60 heavy (non-hydrogen) atoms. The second-order valence-corrected chi connectivity index (χ2v) is 18.3. The first-order valence-electron chi connectivity index (χ1n) is 21.1. The van der Waals surface area contributed by atoms with Crippen molar-refractivity contribution in [1.82, 2.24) is 20.0 Å². The Morgan fingerprint density at radius 1 is 0.667 bits per heavy atom. The molecule has 4 rings (SSSR count). The Bertz CT molecular complexity index is 1480. The van der Waals surface area contributed by atoms with Crippen molar-refractivity contribution in [3.63, 3.8) is 0 Å². The number of rotatable bonds is 24. The Labute approximate surface area is 383 Å². The molecule has 11 atom stereocenters. The van der Waals surface area contributed by atoms with Crippen LogP contribution in [-0.2, 0) is 33.6 Å². The van der Waals surface area contributed by atoms with E-state index in [1.165, 1.54) is 4.90 Å². The second kappa shape index (κ2) is 22.7. The van der Waals surface area contributed by atoms with Gasteiger partial charge in [-0.25, -0.2) is 0 Å². The maximum absolute atomic E-state index is 13.5. The molecule has 4 aliphatic rings. The average Bonchev–Trinajstić information content (AvgIpc) is 3.49. The number of amides is 1. The van der Waals surface area contributed by atoms with Crippen LogP contribution < -0.4 is 5.32 Å². The Hall–Kier alpha value is -2.55. The van der Waals surface area contributed by atoms with Crippen molar-refractivity contribution in [3.05, 3.63) is 0 Å².